The van der Waals surface area contributed by atoms with Crippen molar-refractivity contribution < 1.29 is 19.1 Å². The molecular weight excluding hydrogens is 344 g/mol. The van der Waals surface area contributed by atoms with Crippen LogP contribution in [0.3, 0.4) is 0 Å². The van der Waals surface area contributed by atoms with Crippen LogP contribution in [0.25, 0.3) is 0 Å². The number of anilines is 1. The van der Waals surface area contributed by atoms with E-state index in [1.165, 1.54) is 0 Å². The molecule has 2 N–H and O–H groups in total. The molecule has 6 nitrogen and oxygen atoms in total. The van der Waals surface area contributed by atoms with Crippen LogP contribution < -0.4 is 15.4 Å². The highest BCUT2D eigenvalue weighted by Gasteiger charge is 2.29. The lowest BCUT2D eigenvalue weighted by Crippen LogP contribution is -2.36. The zero-order valence-electron chi connectivity index (χ0n) is 16.6. The van der Waals surface area contributed by atoms with Gasteiger partial charge >= 0.3 is 0 Å². The molecule has 0 bridgehead atoms. The lowest BCUT2D eigenvalue weighted by Gasteiger charge is -2.27. The van der Waals surface area contributed by atoms with Gasteiger partial charge in [-0.1, -0.05) is 0 Å². The lowest BCUT2D eigenvalue weighted by molar-refractivity contribution is -0.128. The first-order valence-electron chi connectivity index (χ1n) is 9.83. The number of methoxy groups -OCH3 is 1. The van der Waals surface area contributed by atoms with E-state index in [4.69, 9.17) is 9.47 Å². The predicted octanol–water partition coefficient (Wildman–Crippen LogP) is 3.37. The highest BCUT2D eigenvalue weighted by molar-refractivity contribution is 5.92. The van der Waals surface area contributed by atoms with E-state index in [-0.39, 0.29) is 29.8 Å². The molecule has 0 atom stereocenters. The van der Waals surface area contributed by atoms with Gasteiger partial charge in [0.05, 0.1) is 6.10 Å². The van der Waals surface area contributed by atoms with E-state index in [0.29, 0.717) is 13.2 Å². The van der Waals surface area contributed by atoms with Crippen molar-refractivity contribution in [1.82, 2.24) is 5.32 Å². The average molecular weight is 376 g/mol. The van der Waals surface area contributed by atoms with Gasteiger partial charge in [0, 0.05) is 37.8 Å². The summed E-state index contributed by atoms with van der Waals surface area (Å²) in [4.78, 5) is 24.7. The summed E-state index contributed by atoms with van der Waals surface area (Å²) >= 11 is 0. The van der Waals surface area contributed by atoms with Gasteiger partial charge in [-0.3, -0.25) is 9.59 Å². The fraction of sp³-hybridized carbons (Fsp3) is 0.619. The SMILES string of the molecule is COCCCNC(=O)C1CCC(C(=O)Nc2ccc(OC(C)C)cc2)CC1. The molecule has 0 aromatic heterocycles. The van der Waals surface area contributed by atoms with Crippen LogP contribution in [0.2, 0.25) is 0 Å². The topological polar surface area (TPSA) is 76.7 Å². The van der Waals surface area contributed by atoms with Crippen LogP contribution in [-0.4, -0.2) is 38.2 Å². The Morgan fingerprint density at radius 2 is 1.63 bits per heavy atom. The monoisotopic (exact) mass is 376 g/mol. The summed E-state index contributed by atoms with van der Waals surface area (Å²) in [7, 11) is 1.65. The number of amides is 2. The average Bonchev–Trinajstić information content (AvgIpc) is 2.66. The van der Waals surface area contributed by atoms with E-state index in [1.807, 2.05) is 38.1 Å². The molecule has 1 aromatic carbocycles. The molecular formula is C21H32N2O4. The van der Waals surface area contributed by atoms with Gasteiger partial charge in [0.25, 0.3) is 0 Å². The minimum absolute atomic E-state index is 0.0176. The van der Waals surface area contributed by atoms with Crippen molar-refractivity contribution in [2.24, 2.45) is 11.8 Å². The van der Waals surface area contributed by atoms with Crippen LogP contribution in [0.15, 0.2) is 24.3 Å². The Bertz CT molecular complexity index is 593. The quantitative estimate of drug-likeness (QED) is 0.648. The Kier molecular flexibility index (Phi) is 8.58. The van der Waals surface area contributed by atoms with Gasteiger partial charge in [0.15, 0.2) is 0 Å². The van der Waals surface area contributed by atoms with Crippen molar-refractivity contribution >= 4 is 17.5 Å². The summed E-state index contributed by atoms with van der Waals surface area (Å²) in [5, 5.41) is 5.93. The van der Waals surface area contributed by atoms with Crippen LogP contribution in [-0.2, 0) is 14.3 Å². The molecule has 1 saturated carbocycles. The third-order valence-corrected chi connectivity index (χ3v) is 4.79. The normalized spacial score (nSPS) is 19.6. The van der Waals surface area contributed by atoms with Gasteiger partial charge in [-0.2, -0.15) is 0 Å². The number of nitrogens with one attached hydrogen (secondary N) is 2. The minimum Gasteiger partial charge on any atom is -0.491 e. The number of benzene rings is 1. The van der Waals surface area contributed by atoms with Gasteiger partial charge < -0.3 is 20.1 Å². The van der Waals surface area contributed by atoms with E-state index >= 15 is 0 Å². The van der Waals surface area contributed by atoms with E-state index in [2.05, 4.69) is 10.6 Å². The molecule has 0 spiro atoms. The first-order chi connectivity index (χ1) is 13.0. The van der Waals surface area contributed by atoms with Crippen molar-refractivity contribution in [2.45, 2.75) is 52.1 Å². The second-order valence-corrected chi connectivity index (χ2v) is 7.37. The van der Waals surface area contributed by atoms with E-state index in [9.17, 15) is 9.59 Å². The van der Waals surface area contributed by atoms with Crippen LogP contribution in [0.1, 0.15) is 46.0 Å². The number of carbonyl (C=O) groups is 2. The van der Waals surface area contributed by atoms with Crippen LogP contribution in [0.4, 0.5) is 5.69 Å². The minimum atomic E-state index is -0.0332. The summed E-state index contributed by atoms with van der Waals surface area (Å²) in [5.74, 6) is 0.912. The van der Waals surface area contributed by atoms with Crippen molar-refractivity contribution in [3.05, 3.63) is 24.3 Å². The third-order valence-electron chi connectivity index (χ3n) is 4.79. The molecule has 1 aliphatic rings. The largest absolute Gasteiger partial charge is 0.491 e. The molecule has 0 radical (unpaired) electrons. The van der Waals surface area contributed by atoms with Crippen molar-refractivity contribution in [1.29, 1.82) is 0 Å². The fourth-order valence-electron chi connectivity index (χ4n) is 3.32. The number of ether oxygens (including phenoxy) is 2. The smallest absolute Gasteiger partial charge is 0.227 e. The zero-order valence-corrected chi connectivity index (χ0v) is 16.6. The number of hydrogen-bond donors (Lipinski definition) is 2. The van der Waals surface area contributed by atoms with Gasteiger partial charge in [-0.05, 0) is 70.2 Å². The maximum Gasteiger partial charge on any atom is 0.227 e. The fourth-order valence-corrected chi connectivity index (χ4v) is 3.32. The first kappa shape index (κ1) is 21.2. The Morgan fingerprint density at radius 3 is 2.19 bits per heavy atom. The molecule has 6 heteroatoms. The van der Waals surface area contributed by atoms with Crippen molar-refractivity contribution in [3.8, 4) is 5.75 Å². The summed E-state index contributed by atoms with van der Waals surface area (Å²) < 4.78 is 10.6. The molecule has 2 rings (SSSR count). The number of rotatable bonds is 9. The Balaban J connectivity index is 1.73. The van der Waals surface area contributed by atoms with Crippen molar-refractivity contribution in [2.75, 3.05) is 25.6 Å². The van der Waals surface area contributed by atoms with Crippen LogP contribution >= 0.6 is 0 Å². The number of hydrogen-bond acceptors (Lipinski definition) is 4. The summed E-state index contributed by atoms with van der Waals surface area (Å²) in [5.41, 5.74) is 0.772. The van der Waals surface area contributed by atoms with Crippen LogP contribution in [0, 0.1) is 11.8 Å². The van der Waals surface area contributed by atoms with Gasteiger partial charge in [0.1, 0.15) is 5.75 Å². The molecule has 0 unspecified atom stereocenters. The molecule has 1 aliphatic carbocycles. The lowest BCUT2D eigenvalue weighted by atomic mass is 9.81. The van der Waals surface area contributed by atoms with Gasteiger partial charge in [-0.25, -0.2) is 0 Å². The second kappa shape index (κ2) is 10.9. The highest BCUT2D eigenvalue weighted by Crippen LogP contribution is 2.30. The summed E-state index contributed by atoms with van der Waals surface area (Å²) in [6.45, 7) is 5.25. The molecule has 27 heavy (non-hydrogen) atoms. The van der Waals surface area contributed by atoms with E-state index < -0.39 is 0 Å². The Morgan fingerprint density at radius 1 is 1.04 bits per heavy atom. The van der Waals surface area contributed by atoms with Gasteiger partial charge in [0.2, 0.25) is 11.8 Å². The second-order valence-electron chi connectivity index (χ2n) is 7.37. The highest BCUT2D eigenvalue weighted by atomic mass is 16.5. The molecule has 0 aliphatic heterocycles. The maximum absolute atomic E-state index is 12.5. The molecule has 150 valence electrons. The molecule has 0 saturated heterocycles. The molecule has 1 aromatic rings. The third kappa shape index (κ3) is 7.21. The Labute approximate surface area is 162 Å². The van der Waals surface area contributed by atoms with E-state index in [0.717, 1.165) is 43.5 Å². The van der Waals surface area contributed by atoms with Crippen molar-refractivity contribution in [3.63, 3.8) is 0 Å². The molecule has 2 amide bonds. The Hall–Kier alpha value is -2.08. The standard InChI is InChI=1S/C21H32N2O4/c1-15(2)27-19-11-9-18(10-12-19)23-21(25)17-7-5-16(6-8-17)20(24)22-13-4-14-26-3/h9-12,15-17H,4-8,13-14H2,1-3H3,(H,22,24)(H,23,25). The maximum atomic E-state index is 12.5. The molecule has 1 fully saturated rings. The zero-order chi connectivity index (χ0) is 19.6. The predicted molar refractivity (Wildman–Crippen MR) is 106 cm³/mol. The molecule has 0 heterocycles. The van der Waals surface area contributed by atoms with E-state index in [1.54, 1.807) is 7.11 Å². The summed E-state index contributed by atoms with van der Waals surface area (Å²) in [6.07, 6.45) is 3.96. The van der Waals surface area contributed by atoms with Crippen LogP contribution in [0.5, 0.6) is 5.75 Å². The number of carbonyl (C=O) groups excluding carboxylic acids is 2. The first-order valence-corrected chi connectivity index (χ1v) is 9.83. The summed E-state index contributed by atoms with van der Waals surface area (Å²) in [6, 6.07) is 7.43. The van der Waals surface area contributed by atoms with Gasteiger partial charge in [-0.15, -0.1) is 0 Å².